The number of esters is 1. The van der Waals surface area contributed by atoms with Crippen molar-refractivity contribution in [1.82, 2.24) is 4.90 Å². The fourth-order valence-corrected chi connectivity index (χ4v) is 11.1. The smallest absolute Gasteiger partial charge is 0.311 e. The van der Waals surface area contributed by atoms with E-state index in [4.69, 9.17) is 23.4 Å². The van der Waals surface area contributed by atoms with Gasteiger partial charge in [0.15, 0.2) is 8.32 Å². The van der Waals surface area contributed by atoms with Crippen LogP contribution in [-0.2, 0) is 34.6 Å². The normalized spacial score (nSPS) is 28.5. The fraction of sp³-hybridized carbons (Fsp3) is 0.642. The van der Waals surface area contributed by atoms with Gasteiger partial charge in [-0.1, -0.05) is 90.2 Å². The number of nitrogens with zero attached hydrogens (tertiary/aromatic N) is 1. The molecule has 0 radical (unpaired) electrons. The molecule has 3 saturated heterocycles. The predicted molar refractivity (Wildman–Crippen MR) is 252 cm³/mol. The van der Waals surface area contributed by atoms with E-state index in [1.165, 1.54) is 10.5 Å². The van der Waals surface area contributed by atoms with E-state index in [9.17, 15) is 14.4 Å². The molecule has 63 heavy (non-hydrogen) atoms. The zero-order valence-electron chi connectivity index (χ0n) is 40.1. The molecule has 2 aromatic rings. The van der Waals surface area contributed by atoms with E-state index in [1.807, 2.05) is 32.9 Å². The zero-order chi connectivity index (χ0) is 45.9. The second-order valence-corrected chi connectivity index (χ2v) is 26.4. The quantitative estimate of drug-likeness (QED) is 0.0480. The van der Waals surface area contributed by atoms with E-state index in [-0.39, 0.29) is 83.9 Å². The number of hydrogen-bond acceptors (Lipinski definition) is 8. The van der Waals surface area contributed by atoms with Crippen LogP contribution in [0.3, 0.4) is 0 Å². The standard InChI is InChI=1S/C53H77NO8Si/c1-34-29-40(25-27-45-35(2)30-39(59-45)21-18-28-58-51(57)52(5,6)7)60-47(36(34)3)32-48-42(26-24-38-19-14-13-15-20-38)37(4)46(61-48)31-41(62-63(11,12)53(8,9)10)33-54-49(55)43-22-16-17-23-44(43)50(54)56/h13-17,19-20,22-23,34,37,39-42,45-48H,2-3,18,21,24-33H2,1,4-12H3/t34-,37-,39+,40?,41+,42?,45+,46?,47?,48+/m1/s1. The summed E-state index contributed by atoms with van der Waals surface area (Å²) < 4.78 is 33.3. The number of carbonyl (C=O) groups excluding carboxylic acids is 3. The van der Waals surface area contributed by atoms with Gasteiger partial charge in [-0.3, -0.25) is 19.3 Å². The third-order valence-electron chi connectivity index (χ3n) is 14.8. The van der Waals surface area contributed by atoms with Gasteiger partial charge in [0.1, 0.15) is 0 Å². The topological polar surface area (TPSA) is 101 Å². The van der Waals surface area contributed by atoms with Crippen LogP contribution in [0, 0.1) is 23.2 Å². The van der Waals surface area contributed by atoms with Crippen molar-refractivity contribution < 1.29 is 37.8 Å². The summed E-state index contributed by atoms with van der Waals surface area (Å²) in [6, 6.07) is 17.8. The number of fused-ring (bicyclic) bond motifs is 1. The molecule has 4 aliphatic heterocycles. The molecule has 10 heteroatoms. The number of amides is 2. The van der Waals surface area contributed by atoms with Crippen LogP contribution < -0.4 is 0 Å². The van der Waals surface area contributed by atoms with Crippen LogP contribution in [-0.4, -0.2) is 86.9 Å². The first-order valence-electron chi connectivity index (χ1n) is 23.8. The summed E-state index contributed by atoms with van der Waals surface area (Å²) in [6.07, 6.45) is 7.77. The van der Waals surface area contributed by atoms with E-state index in [0.29, 0.717) is 30.1 Å². The van der Waals surface area contributed by atoms with Crippen LogP contribution in [0.1, 0.15) is 139 Å². The summed E-state index contributed by atoms with van der Waals surface area (Å²) in [4.78, 5) is 40.9. The highest BCUT2D eigenvalue weighted by molar-refractivity contribution is 6.74. The Balaban J connectivity index is 1.13. The summed E-state index contributed by atoms with van der Waals surface area (Å²) in [5, 5.41) is -0.0647. The summed E-state index contributed by atoms with van der Waals surface area (Å²) in [6.45, 7) is 30.9. The first-order valence-corrected chi connectivity index (χ1v) is 26.7. The maximum absolute atomic E-state index is 13.7. The van der Waals surface area contributed by atoms with Gasteiger partial charge in [0.25, 0.3) is 11.8 Å². The van der Waals surface area contributed by atoms with Crippen molar-refractivity contribution in [2.45, 2.75) is 180 Å². The third kappa shape index (κ3) is 12.1. The van der Waals surface area contributed by atoms with Crippen molar-refractivity contribution in [3.63, 3.8) is 0 Å². The third-order valence-corrected chi connectivity index (χ3v) is 19.3. The first kappa shape index (κ1) is 49.0. The van der Waals surface area contributed by atoms with E-state index in [2.05, 4.69) is 91.2 Å². The maximum atomic E-state index is 13.7. The van der Waals surface area contributed by atoms with Gasteiger partial charge in [-0.25, -0.2) is 0 Å². The van der Waals surface area contributed by atoms with E-state index >= 15 is 0 Å². The zero-order valence-corrected chi connectivity index (χ0v) is 41.1. The first-order chi connectivity index (χ1) is 29.6. The molecule has 0 saturated carbocycles. The van der Waals surface area contributed by atoms with Crippen LogP contribution in [0.25, 0.3) is 0 Å². The molecule has 4 aliphatic rings. The molecule has 0 spiro atoms. The minimum atomic E-state index is -2.32. The number of ether oxygens (including phenoxy) is 4. The Labute approximate surface area is 379 Å². The van der Waals surface area contributed by atoms with E-state index in [1.54, 1.807) is 12.1 Å². The molecule has 2 aromatic carbocycles. The molecule has 0 N–H and O–H groups in total. The van der Waals surface area contributed by atoms with Gasteiger partial charge in [-0.2, -0.15) is 0 Å². The van der Waals surface area contributed by atoms with Crippen LogP contribution in [0.15, 0.2) is 78.9 Å². The van der Waals surface area contributed by atoms with Crippen LogP contribution in [0.5, 0.6) is 0 Å². The van der Waals surface area contributed by atoms with Gasteiger partial charge in [0.05, 0.1) is 72.4 Å². The van der Waals surface area contributed by atoms with Crippen molar-refractivity contribution in [3.05, 3.63) is 95.6 Å². The van der Waals surface area contributed by atoms with Crippen molar-refractivity contribution in [3.8, 4) is 0 Å². The highest BCUT2D eigenvalue weighted by atomic mass is 28.4. The van der Waals surface area contributed by atoms with Crippen LogP contribution in [0.4, 0.5) is 0 Å². The van der Waals surface area contributed by atoms with Gasteiger partial charge in [-0.15, -0.1) is 0 Å². The van der Waals surface area contributed by atoms with Gasteiger partial charge < -0.3 is 23.4 Å². The number of rotatable bonds is 18. The Kier molecular flexibility index (Phi) is 15.9. The minimum absolute atomic E-state index is 0.00134. The summed E-state index contributed by atoms with van der Waals surface area (Å²) >= 11 is 0. The lowest BCUT2D eigenvalue weighted by molar-refractivity contribution is -0.153. The molecular weight excluding hydrogens is 807 g/mol. The Morgan fingerprint density at radius 3 is 2.10 bits per heavy atom. The molecule has 2 amide bonds. The molecule has 3 fully saturated rings. The largest absolute Gasteiger partial charge is 0.465 e. The van der Waals surface area contributed by atoms with Gasteiger partial charge in [0.2, 0.25) is 0 Å². The maximum Gasteiger partial charge on any atom is 0.311 e. The fourth-order valence-electron chi connectivity index (χ4n) is 9.73. The highest BCUT2D eigenvalue weighted by Gasteiger charge is 2.48. The Morgan fingerprint density at radius 1 is 0.825 bits per heavy atom. The SMILES string of the molecule is C=C1C(C[C@@H]2OC(C[C@@H](CN3C(=O)c4ccccc4C3=O)O[Si](C)(C)C(C)(C)C)[C@H](C)C2CCc2ccccc2)OC(CC[C@@H]2O[C@@H](CCCOC(=O)C(C)(C)C)CC2=C)C[C@H]1C. The number of hydrogen-bond donors (Lipinski definition) is 0. The molecule has 0 aliphatic carbocycles. The van der Waals surface area contributed by atoms with Gasteiger partial charge in [0, 0.05) is 12.8 Å². The van der Waals surface area contributed by atoms with Crippen molar-refractivity contribution in [2.75, 3.05) is 13.2 Å². The van der Waals surface area contributed by atoms with Crippen LogP contribution >= 0.6 is 0 Å². The average Bonchev–Trinajstić information content (AvgIpc) is 3.81. The minimum Gasteiger partial charge on any atom is -0.465 e. The second kappa shape index (κ2) is 20.4. The molecule has 4 heterocycles. The lowest BCUT2D eigenvalue weighted by atomic mass is 9.79. The predicted octanol–water partition coefficient (Wildman–Crippen LogP) is 11.3. The molecule has 346 valence electrons. The summed E-state index contributed by atoms with van der Waals surface area (Å²) in [5.74, 6) is 0.0994. The lowest BCUT2D eigenvalue weighted by Gasteiger charge is -2.40. The van der Waals surface area contributed by atoms with E-state index < -0.39 is 13.7 Å². The molecule has 4 unspecified atom stereocenters. The van der Waals surface area contributed by atoms with Crippen molar-refractivity contribution in [2.24, 2.45) is 23.2 Å². The molecule has 10 atom stereocenters. The van der Waals surface area contributed by atoms with Crippen molar-refractivity contribution in [1.29, 1.82) is 0 Å². The van der Waals surface area contributed by atoms with E-state index in [0.717, 1.165) is 68.9 Å². The van der Waals surface area contributed by atoms with Crippen LogP contribution in [0.2, 0.25) is 18.1 Å². The Hall–Kier alpha value is -3.41. The molecule has 0 bridgehead atoms. The summed E-state index contributed by atoms with van der Waals surface area (Å²) in [7, 11) is -2.32. The molecule has 6 rings (SSSR count). The summed E-state index contributed by atoms with van der Waals surface area (Å²) in [5.41, 5.74) is 3.99. The number of carbonyl (C=O) groups is 3. The van der Waals surface area contributed by atoms with Gasteiger partial charge in [-0.05, 0) is 137 Å². The Bertz CT molecular complexity index is 1900. The Morgan fingerprint density at radius 2 is 1.46 bits per heavy atom. The monoisotopic (exact) mass is 884 g/mol. The number of benzene rings is 2. The number of aryl methyl sites for hydroxylation is 1. The molecule has 0 aromatic heterocycles. The van der Waals surface area contributed by atoms with Crippen molar-refractivity contribution >= 4 is 26.1 Å². The highest BCUT2D eigenvalue weighted by Crippen LogP contribution is 2.45. The number of imide groups is 1. The van der Waals surface area contributed by atoms with Gasteiger partial charge >= 0.3 is 5.97 Å². The second-order valence-electron chi connectivity index (χ2n) is 21.7. The lowest BCUT2D eigenvalue weighted by Crippen LogP contribution is -2.49. The average molecular weight is 884 g/mol. The molecular formula is C53H77NO8Si. The molecule has 9 nitrogen and oxygen atoms in total.